The average Bonchev–Trinajstić information content (AvgIpc) is 2.58. The molecule has 1 N–H and O–H groups in total. The number of nitrogens with zero attached hydrogens (tertiary/aromatic N) is 2. The third-order valence-corrected chi connectivity index (χ3v) is 2.84. The number of aromatic nitrogens is 2. The first-order valence-corrected chi connectivity index (χ1v) is 5.86. The minimum absolute atomic E-state index is 0.0182. The lowest BCUT2D eigenvalue weighted by atomic mass is 10.1. The van der Waals surface area contributed by atoms with E-state index in [1.807, 2.05) is 24.3 Å². The number of rotatable bonds is 3. The molecular formula is C12H11BrN2O2. The SMILES string of the molecule is Cn1cc(CC(=O)O)c(-c2cccc(Br)c2)n1. The van der Waals surface area contributed by atoms with Crippen LogP contribution in [0.2, 0.25) is 0 Å². The molecule has 0 amide bonds. The number of carboxylic acids is 1. The van der Waals surface area contributed by atoms with Crippen LogP contribution in [0.1, 0.15) is 5.56 Å². The van der Waals surface area contributed by atoms with Crippen molar-refractivity contribution in [2.24, 2.45) is 7.05 Å². The molecule has 0 radical (unpaired) electrons. The van der Waals surface area contributed by atoms with Gasteiger partial charge in [0.2, 0.25) is 0 Å². The fraction of sp³-hybridized carbons (Fsp3) is 0.167. The second kappa shape index (κ2) is 4.71. The zero-order chi connectivity index (χ0) is 12.4. The highest BCUT2D eigenvalue weighted by atomic mass is 79.9. The summed E-state index contributed by atoms with van der Waals surface area (Å²) in [6, 6.07) is 7.66. The van der Waals surface area contributed by atoms with Crippen molar-refractivity contribution in [3.05, 3.63) is 40.5 Å². The zero-order valence-electron chi connectivity index (χ0n) is 9.22. The molecule has 5 heteroatoms. The molecule has 0 aliphatic heterocycles. The van der Waals surface area contributed by atoms with Gasteiger partial charge in [-0.05, 0) is 12.1 Å². The molecule has 0 saturated carbocycles. The van der Waals surface area contributed by atoms with E-state index >= 15 is 0 Å². The molecular weight excluding hydrogens is 284 g/mol. The number of aliphatic carboxylic acids is 1. The fourth-order valence-electron chi connectivity index (χ4n) is 1.71. The highest BCUT2D eigenvalue weighted by Gasteiger charge is 2.13. The molecule has 0 bridgehead atoms. The molecule has 0 atom stereocenters. The molecule has 1 aromatic carbocycles. The van der Waals surface area contributed by atoms with Gasteiger partial charge in [-0.1, -0.05) is 28.1 Å². The highest BCUT2D eigenvalue weighted by molar-refractivity contribution is 9.10. The van der Waals surface area contributed by atoms with Crippen LogP contribution >= 0.6 is 15.9 Å². The van der Waals surface area contributed by atoms with Crippen LogP contribution < -0.4 is 0 Å². The predicted molar refractivity (Wildman–Crippen MR) is 67.7 cm³/mol. The van der Waals surface area contributed by atoms with Gasteiger partial charge < -0.3 is 5.11 Å². The topological polar surface area (TPSA) is 55.1 Å². The van der Waals surface area contributed by atoms with Gasteiger partial charge in [0.1, 0.15) is 0 Å². The first-order chi connectivity index (χ1) is 8.06. The van der Waals surface area contributed by atoms with Crippen molar-refractivity contribution in [2.45, 2.75) is 6.42 Å². The summed E-state index contributed by atoms with van der Waals surface area (Å²) in [6.45, 7) is 0. The molecule has 1 aromatic heterocycles. The fourth-order valence-corrected chi connectivity index (χ4v) is 2.11. The Morgan fingerprint density at radius 3 is 2.94 bits per heavy atom. The Balaban J connectivity index is 2.47. The smallest absolute Gasteiger partial charge is 0.307 e. The van der Waals surface area contributed by atoms with E-state index in [0.717, 1.165) is 21.3 Å². The zero-order valence-corrected chi connectivity index (χ0v) is 10.8. The molecule has 0 aliphatic carbocycles. The van der Waals surface area contributed by atoms with E-state index in [-0.39, 0.29) is 6.42 Å². The molecule has 0 aliphatic rings. The summed E-state index contributed by atoms with van der Waals surface area (Å²) in [6.07, 6.45) is 1.72. The Morgan fingerprint density at radius 1 is 1.53 bits per heavy atom. The van der Waals surface area contributed by atoms with E-state index in [1.54, 1.807) is 17.9 Å². The van der Waals surface area contributed by atoms with Crippen molar-refractivity contribution in [2.75, 3.05) is 0 Å². The Labute approximate surface area is 107 Å². The van der Waals surface area contributed by atoms with Gasteiger partial charge in [-0.2, -0.15) is 5.10 Å². The van der Waals surface area contributed by atoms with E-state index in [0.29, 0.717) is 0 Å². The van der Waals surface area contributed by atoms with Crippen LogP contribution in [0.25, 0.3) is 11.3 Å². The van der Waals surface area contributed by atoms with Gasteiger partial charge in [0, 0.05) is 28.8 Å². The average molecular weight is 295 g/mol. The molecule has 88 valence electrons. The number of hydrogen-bond donors (Lipinski definition) is 1. The number of benzene rings is 1. The Bertz CT molecular complexity index is 563. The maximum Gasteiger partial charge on any atom is 0.307 e. The van der Waals surface area contributed by atoms with Crippen molar-refractivity contribution in [3.63, 3.8) is 0 Å². The Kier molecular flexibility index (Phi) is 3.28. The quantitative estimate of drug-likeness (QED) is 0.946. The van der Waals surface area contributed by atoms with Crippen molar-refractivity contribution in [1.82, 2.24) is 9.78 Å². The molecule has 0 spiro atoms. The molecule has 2 aromatic rings. The summed E-state index contributed by atoms with van der Waals surface area (Å²) in [4.78, 5) is 10.8. The van der Waals surface area contributed by atoms with Crippen LogP contribution in [-0.4, -0.2) is 20.9 Å². The number of carbonyl (C=O) groups is 1. The summed E-state index contributed by atoms with van der Waals surface area (Å²) < 4.78 is 2.58. The molecule has 4 nitrogen and oxygen atoms in total. The van der Waals surface area contributed by atoms with Crippen molar-refractivity contribution in [3.8, 4) is 11.3 Å². The van der Waals surface area contributed by atoms with Crippen LogP contribution in [0, 0.1) is 0 Å². The summed E-state index contributed by atoms with van der Waals surface area (Å²) in [5.74, 6) is -0.853. The Morgan fingerprint density at radius 2 is 2.29 bits per heavy atom. The van der Waals surface area contributed by atoms with Gasteiger partial charge in [-0.25, -0.2) is 0 Å². The molecule has 2 rings (SSSR count). The van der Waals surface area contributed by atoms with Gasteiger partial charge in [0.15, 0.2) is 0 Å². The lowest BCUT2D eigenvalue weighted by Gasteiger charge is -2.00. The largest absolute Gasteiger partial charge is 0.481 e. The normalized spacial score (nSPS) is 10.5. The maximum atomic E-state index is 10.8. The monoisotopic (exact) mass is 294 g/mol. The summed E-state index contributed by atoms with van der Waals surface area (Å²) in [5, 5.41) is 13.2. The number of halogens is 1. The Hall–Kier alpha value is -1.62. The molecule has 0 unspecified atom stereocenters. The van der Waals surface area contributed by atoms with Crippen LogP contribution in [0.4, 0.5) is 0 Å². The van der Waals surface area contributed by atoms with Crippen LogP contribution in [-0.2, 0) is 18.3 Å². The number of hydrogen-bond acceptors (Lipinski definition) is 2. The third-order valence-electron chi connectivity index (χ3n) is 2.34. The van der Waals surface area contributed by atoms with Crippen LogP contribution in [0.5, 0.6) is 0 Å². The van der Waals surface area contributed by atoms with Gasteiger partial charge in [0.05, 0.1) is 12.1 Å². The highest BCUT2D eigenvalue weighted by Crippen LogP contribution is 2.25. The van der Waals surface area contributed by atoms with Crippen LogP contribution in [0.3, 0.4) is 0 Å². The minimum atomic E-state index is -0.853. The molecule has 1 heterocycles. The van der Waals surface area contributed by atoms with Gasteiger partial charge >= 0.3 is 5.97 Å². The van der Waals surface area contributed by atoms with Crippen molar-refractivity contribution < 1.29 is 9.90 Å². The second-order valence-corrected chi connectivity index (χ2v) is 4.67. The van der Waals surface area contributed by atoms with Crippen molar-refractivity contribution >= 4 is 21.9 Å². The molecule has 17 heavy (non-hydrogen) atoms. The lowest BCUT2D eigenvalue weighted by Crippen LogP contribution is -2.00. The van der Waals surface area contributed by atoms with Gasteiger partial charge in [-0.15, -0.1) is 0 Å². The van der Waals surface area contributed by atoms with E-state index in [9.17, 15) is 4.79 Å². The van der Waals surface area contributed by atoms with E-state index < -0.39 is 5.97 Å². The van der Waals surface area contributed by atoms with Gasteiger partial charge in [-0.3, -0.25) is 9.48 Å². The molecule has 0 saturated heterocycles. The van der Waals surface area contributed by atoms with E-state index in [2.05, 4.69) is 21.0 Å². The van der Waals surface area contributed by atoms with Gasteiger partial charge in [0.25, 0.3) is 0 Å². The third kappa shape index (κ3) is 2.74. The number of carboxylic acid groups (broad SMARTS) is 1. The lowest BCUT2D eigenvalue weighted by molar-refractivity contribution is -0.136. The van der Waals surface area contributed by atoms with Crippen LogP contribution in [0.15, 0.2) is 34.9 Å². The minimum Gasteiger partial charge on any atom is -0.481 e. The standard InChI is InChI=1S/C12H11BrN2O2/c1-15-7-9(6-11(16)17)12(14-15)8-3-2-4-10(13)5-8/h2-5,7H,6H2,1H3,(H,16,17). The predicted octanol–water partition coefficient (Wildman–Crippen LogP) is 2.48. The molecule has 0 fully saturated rings. The van der Waals surface area contributed by atoms with E-state index in [1.165, 1.54) is 0 Å². The summed E-state index contributed by atoms with van der Waals surface area (Å²) in [5.41, 5.74) is 2.35. The first kappa shape index (κ1) is 11.9. The van der Waals surface area contributed by atoms with Crippen molar-refractivity contribution in [1.29, 1.82) is 0 Å². The maximum absolute atomic E-state index is 10.8. The number of aryl methyl sites for hydroxylation is 1. The summed E-state index contributed by atoms with van der Waals surface area (Å²) >= 11 is 3.39. The second-order valence-electron chi connectivity index (χ2n) is 3.76. The summed E-state index contributed by atoms with van der Waals surface area (Å²) in [7, 11) is 1.78. The first-order valence-electron chi connectivity index (χ1n) is 5.06. The van der Waals surface area contributed by atoms with E-state index in [4.69, 9.17) is 5.11 Å².